The summed E-state index contributed by atoms with van der Waals surface area (Å²) in [5.41, 5.74) is 4.08. The molecular formula is C35H39ClO6. The van der Waals surface area contributed by atoms with Crippen LogP contribution in [0.5, 0.6) is 5.75 Å². The fourth-order valence-electron chi connectivity index (χ4n) is 6.42. The van der Waals surface area contributed by atoms with Crippen LogP contribution in [0.3, 0.4) is 0 Å². The quantitative estimate of drug-likeness (QED) is 0.241. The first-order chi connectivity index (χ1) is 20.3. The van der Waals surface area contributed by atoms with Crippen LogP contribution in [0.25, 0.3) is 0 Å². The van der Waals surface area contributed by atoms with E-state index in [-0.39, 0.29) is 42.2 Å². The highest BCUT2D eigenvalue weighted by atomic mass is 35.5. The van der Waals surface area contributed by atoms with Crippen LogP contribution in [0.4, 0.5) is 0 Å². The Kier molecular flexibility index (Phi) is 9.99. The number of carbonyl (C=O) groups is 2. The maximum absolute atomic E-state index is 12.6. The van der Waals surface area contributed by atoms with Gasteiger partial charge in [-0.1, -0.05) is 66.2 Å². The molecule has 7 heteroatoms. The van der Waals surface area contributed by atoms with Crippen molar-refractivity contribution >= 4 is 23.4 Å². The van der Waals surface area contributed by atoms with Gasteiger partial charge in [-0.15, -0.1) is 0 Å². The lowest BCUT2D eigenvalue weighted by atomic mass is 9.74. The second-order valence-corrected chi connectivity index (χ2v) is 11.7. The summed E-state index contributed by atoms with van der Waals surface area (Å²) in [7, 11) is 0. The monoisotopic (exact) mass is 590 g/mol. The molecule has 6 nitrogen and oxygen atoms in total. The number of halogens is 1. The summed E-state index contributed by atoms with van der Waals surface area (Å²) in [4.78, 5) is 25.0. The molecule has 0 bridgehead atoms. The number of Topliss-reactive ketones (excluding diaryl/α,β-unsaturated/α-hetero) is 1. The molecule has 2 heterocycles. The molecule has 0 amide bonds. The summed E-state index contributed by atoms with van der Waals surface area (Å²) in [6, 6.07) is 24.1. The van der Waals surface area contributed by atoms with Crippen molar-refractivity contribution in [3.8, 4) is 5.75 Å². The number of esters is 1. The van der Waals surface area contributed by atoms with Gasteiger partial charge in [-0.25, -0.2) is 0 Å². The van der Waals surface area contributed by atoms with Crippen LogP contribution in [0.15, 0.2) is 72.8 Å². The van der Waals surface area contributed by atoms with E-state index in [1.165, 1.54) is 6.92 Å². The maximum atomic E-state index is 12.6. The van der Waals surface area contributed by atoms with E-state index in [1.807, 2.05) is 61.5 Å². The van der Waals surface area contributed by atoms with Gasteiger partial charge in [0.15, 0.2) is 0 Å². The normalized spacial score (nSPS) is 25.6. The molecule has 0 aliphatic carbocycles. The summed E-state index contributed by atoms with van der Waals surface area (Å²) in [5.74, 6) is 0.0825. The average molecular weight is 591 g/mol. The molecule has 2 aliphatic heterocycles. The highest BCUT2D eigenvalue weighted by molar-refractivity contribution is 6.31. The van der Waals surface area contributed by atoms with Gasteiger partial charge in [-0.3, -0.25) is 4.79 Å². The summed E-state index contributed by atoms with van der Waals surface area (Å²) in [6.45, 7) is 5.96. The van der Waals surface area contributed by atoms with E-state index in [0.717, 1.165) is 40.8 Å². The molecule has 0 saturated carbocycles. The third-order valence-corrected chi connectivity index (χ3v) is 8.65. The molecule has 3 aromatic rings. The summed E-state index contributed by atoms with van der Waals surface area (Å²) in [5, 5.41) is 0.657. The molecule has 0 spiro atoms. The fraction of sp³-hybridized carbons (Fsp3) is 0.429. The number of ketones is 1. The Balaban J connectivity index is 1.45. The number of fused-ring (bicyclic) bond motifs is 1. The second kappa shape index (κ2) is 13.9. The van der Waals surface area contributed by atoms with E-state index >= 15 is 0 Å². The van der Waals surface area contributed by atoms with Crippen molar-refractivity contribution in [3.63, 3.8) is 0 Å². The molecule has 0 aromatic heterocycles. The molecule has 2 aliphatic rings. The minimum absolute atomic E-state index is 0.0276. The van der Waals surface area contributed by atoms with Crippen LogP contribution in [0, 0.1) is 11.8 Å². The lowest BCUT2D eigenvalue weighted by Gasteiger charge is -2.46. The van der Waals surface area contributed by atoms with Gasteiger partial charge in [-0.2, -0.15) is 0 Å². The smallest absolute Gasteiger partial charge is 0.302 e. The molecular weight excluding hydrogens is 552 g/mol. The number of carbonyl (C=O) groups excluding carboxylic acids is 2. The van der Waals surface area contributed by atoms with Gasteiger partial charge in [0.25, 0.3) is 0 Å². The third kappa shape index (κ3) is 7.23. The lowest BCUT2D eigenvalue weighted by molar-refractivity contribution is -0.205. The molecule has 2 fully saturated rings. The predicted octanol–water partition coefficient (Wildman–Crippen LogP) is 7.46. The van der Waals surface area contributed by atoms with Gasteiger partial charge in [0.05, 0.1) is 31.5 Å². The van der Waals surface area contributed by atoms with Crippen LogP contribution in [0.1, 0.15) is 74.5 Å². The zero-order valence-electron chi connectivity index (χ0n) is 24.5. The highest BCUT2D eigenvalue weighted by Gasteiger charge is 2.49. The molecule has 0 N–H and O–H groups in total. The average Bonchev–Trinajstić information content (AvgIpc) is 3.19. The molecule has 222 valence electrons. The SMILES string of the molecule is CCOc1ccc(Cc2cc(C3OC4COC(c5ccccc5)CCC4C(OC(C)=O)C3CC(C)=O)ccc2Cl)cc1. The van der Waals surface area contributed by atoms with Gasteiger partial charge in [0.1, 0.15) is 17.6 Å². The summed E-state index contributed by atoms with van der Waals surface area (Å²) < 4.78 is 24.8. The first-order valence-electron chi connectivity index (χ1n) is 14.8. The summed E-state index contributed by atoms with van der Waals surface area (Å²) >= 11 is 6.68. The highest BCUT2D eigenvalue weighted by Crippen LogP contribution is 2.47. The van der Waals surface area contributed by atoms with Crippen molar-refractivity contribution < 1.29 is 28.5 Å². The van der Waals surface area contributed by atoms with Gasteiger partial charge < -0.3 is 23.7 Å². The Morgan fingerprint density at radius 1 is 0.952 bits per heavy atom. The Bertz CT molecular complexity index is 1360. The number of benzene rings is 3. The first kappa shape index (κ1) is 30.3. The van der Waals surface area contributed by atoms with Crippen molar-refractivity contribution in [1.29, 1.82) is 0 Å². The number of rotatable bonds is 9. The molecule has 3 aromatic carbocycles. The van der Waals surface area contributed by atoms with Crippen LogP contribution < -0.4 is 4.74 Å². The molecule has 42 heavy (non-hydrogen) atoms. The van der Waals surface area contributed by atoms with E-state index in [9.17, 15) is 9.59 Å². The van der Waals surface area contributed by atoms with Crippen molar-refractivity contribution in [2.45, 2.75) is 70.9 Å². The van der Waals surface area contributed by atoms with E-state index < -0.39 is 12.2 Å². The fourth-order valence-corrected chi connectivity index (χ4v) is 6.60. The number of hydrogen-bond donors (Lipinski definition) is 0. The van der Waals surface area contributed by atoms with Crippen molar-refractivity contribution in [2.75, 3.05) is 13.2 Å². The maximum Gasteiger partial charge on any atom is 0.302 e. The van der Waals surface area contributed by atoms with Crippen LogP contribution in [0.2, 0.25) is 5.02 Å². The van der Waals surface area contributed by atoms with Crippen LogP contribution in [-0.2, 0) is 30.2 Å². The van der Waals surface area contributed by atoms with E-state index in [0.29, 0.717) is 24.7 Å². The molecule has 6 unspecified atom stereocenters. The first-order valence-corrected chi connectivity index (χ1v) is 15.2. The van der Waals surface area contributed by atoms with Crippen LogP contribution >= 0.6 is 11.6 Å². The van der Waals surface area contributed by atoms with Crippen molar-refractivity contribution in [1.82, 2.24) is 0 Å². The Hall–Kier alpha value is -3.19. The molecule has 6 atom stereocenters. The summed E-state index contributed by atoms with van der Waals surface area (Å²) in [6.07, 6.45) is 1.10. The zero-order chi connectivity index (χ0) is 29.6. The Morgan fingerprint density at radius 2 is 1.71 bits per heavy atom. The van der Waals surface area contributed by atoms with Gasteiger partial charge in [-0.05, 0) is 73.6 Å². The van der Waals surface area contributed by atoms with Gasteiger partial charge in [0, 0.05) is 30.2 Å². The van der Waals surface area contributed by atoms with Gasteiger partial charge in [0.2, 0.25) is 0 Å². The molecule has 0 radical (unpaired) electrons. The molecule has 5 rings (SSSR count). The Labute approximate surface area is 253 Å². The van der Waals surface area contributed by atoms with E-state index in [4.69, 9.17) is 30.5 Å². The molecule has 2 saturated heterocycles. The topological polar surface area (TPSA) is 71.1 Å². The zero-order valence-corrected chi connectivity index (χ0v) is 25.2. The lowest BCUT2D eigenvalue weighted by Crippen LogP contribution is -2.50. The van der Waals surface area contributed by atoms with Crippen molar-refractivity contribution in [3.05, 3.63) is 100 Å². The minimum atomic E-state index is -0.474. The largest absolute Gasteiger partial charge is 0.494 e. The standard InChI is InChI=1S/C35H39ClO6/c1-4-39-28-13-10-24(11-14-28)19-27-20-26(12-16-31(27)36)34-30(18-22(2)37)35(41-23(3)38)29-15-17-32(40-21-33(29)42-34)25-8-6-5-7-9-25/h5-14,16,20,29-30,32-35H,4,15,17-19,21H2,1-3H3. The Morgan fingerprint density at radius 3 is 2.40 bits per heavy atom. The van der Waals surface area contributed by atoms with E-state index in [1.54, 1.807) is 6.92 Å². The van der Waals surface area contributed by atoms with Gasteiger partial charge >= 0.3 is 5.97 Å². The van der Waals surface area contributed by atoms with E-state index in [2.05, 4.69) is 18.2 Å². The third-order valence-electron chi connectivity index (χ3n) is 8.28. The predicted molar refractivity (Wildman–Crippen MR) is 162 cm³/mol. The number of ether oxygens (including phenoxy) is 4. The minimum Gasteiger partial charge on any atom is -0.494 e. The second-order valence-electron chi connectivity index (χ2n) is 11.3. The number of hydrogen-bond acceptors (Lipinski definition) is 6. The van der Waals surface area contributed by atoms with Crippen molar-refractivity contribution in [2.24, 2.45) is 11.8 Å². The van der Waals surface area contributed by atoms with Crippen LogP contribution in [-0.4, -0.2) is 37.2 Å².